The summed E-state index contributed by atoms with van der Waals surface area (Å²) >= 11 is 11.8. The Morgan fingerprint density at radius 2 is 1.19 bits per heavy atom. The molecule has 0 amide bonds. The van der Waals surface area contributed by atoms with Crippen LogP contribution in [0.25, 0.3) is 11.0 Å². The Morgan fingerprint density at radius 3 is 1.72 bits per heavy atom. The summed E-state index contributed by atoms with van der Waals surface area (Å²) in [7, 11) is 0. The van der Waals surface area contributed by atoms with E-state index in [1.54, 1.807) is 0 Å². The van der Waals surface area contributed by atoms with Gasteiger partial charge in [0.1, 0.15) is 5.52 Å². The third-order valence-electron chi connectivity index (χ3n) is 5.82. The zero-order chi connectivity index (χ0) is 23.0. The second kappa shape index (κ2) is 16.2. The molecule has 0 bridgehead atoms. The first-order valence-corrected chi connectivity index (χ1v) is 13.2. The second-order valence-corrected chi connectivity index (χ2v) is 9.32. The fraction of sp³-hybridized carbons (Fsp3) is 0.750. The van der Waals surface area contributed by atoms with Gasteiger partial charge in [-0.3, -0.25) is 9.78 Å². The first-order chi connectivity index (χ1) is 15.6. The van der Waals surface area contributed by atoms with E-state index in [0.29, 0.717) is 11.3 Å². The van der Waals surface area contributed by atoms with Crippen LogP contribution in [-0.4, -0.2) is 26.5 Å². The van der Waals surface area contributed by atoms with E-state index in [4.69, 9.17) is 23.2 Å². The summed E-state index contributed by atoms with van der Waals surface area (Å²) in [4.78, 5) is 26.6. The highest BCUT2D eigenvalue weighted by molar-refractivity contribution is 6.29. The number of H-pyrrole nitrogens is 1. The molecule has 0 saturated heterocycles. The summed E-state index contributed by atoms with van der Waals surface area (Å²) < 4.78 is 0. The molecule has 180 valence electrons. The van der Waals surface area contributed by atoms with Gasteiger partial charge in [0, 0.05) is 6.54 Å². The number of nitrogens with zero attached hydrogens (tertiary/aromatic N) is 3. The lowest BCUT2D eigenvalue weighted by Crippen LogP contribution is -2.13. The molecule has 0 aliphatic rings. The first kappa shape index (κ1) is 26.8. The molecule has 0 saturated carbocycles. The average molecular weight is 485 g/mol. The monoisotopic (exact) mass is 483 g/mol. The maximum Gasteiger partial charge on any atom is 0.278 e. The van der Waals surface area contributed by atoms with Crippen LogP contribution in [0.15, 0.2) is 4.79 Å². The van der Waals surface area contributed by atoms with Gasteiger partial charge in [-0.1, -0.05) is 103 Å². The van der Waals surface area contributed by atoms with Gasteiger partial charge >= 0.3 is 0 Å². The van der Waals surface area contributed by atoms with Crippen LogP contribution in [0, 0.1) is 0 Å². The van der Waals surface area contributed by atoms with Crippen molar-refractivity contribution in [1.29, 1.82) is 0 Å². The third-order valence-corrected chi connectivity index (χ3v) is 6.17. The molecule has 0 aliphatic carbocycles. The number of halogens is 2. The molecule has 0 atom stereocenters. The Morgan fingerprint density at radius 1 is 0.688 bits per heavy atom. The number of fused-ring (bicyclic) bond motifs is 1. The summed E-state index contributed by atoms with van der Waals surface area (Å²) in [5.41, 5.74) is 0.0678. The van der Waals surface area contributed by atoms with Gasteiger partial charge in [-0.15, -0.1) is 0 Å². The standard InChI is InChI=1S/C24H39Cl2N5O/c1-2-3-4-5-6-7-8-9-10-11-12-13-14-15-16-17-18-27-21-19-20(29-23(25)30-21)22(32)31-24(26)28-19/h2-18H2,1H3,(H,27,29,30)(H,28,31,32). The van der Waals surface area contributed by atoms with Crippen molar-refractivity contribution in [3.63, 3.8) is 0 Å². The summed E-state index contributed by atoms with van der Waals surface area (Å²) in [6.07, 6.45) is 21.5. The van der Waals surface area contributed by atoms with Crippen molar-refractivity contribution in [3.05, 3.63) is 20.9 Å². The Kier molecular flexibility index (Phi) is 13.6. The van der Waals surface area contributed by atoms with Crippen molar-refractivity contribution >= 4 is 40.1 Å². The summed E-state index contributed by atoms with van der Waals surface area (Å²) in [6, 6.07) is 0. The highest BCUT2D eigenvalue weighted by Gasteiger charge is 2.12. The van der Waals surface area contributed by atoms with E-state index in [0.717, 1.165) is 19.4 Å². The smallest absolute Gasteiger partial charge is 0.278 e. The van der Waals surface area contributed by atoms with Gasteiger partial charge in [-0.05, 0) is 29.6 Å². The van der Waals surface area contributed by atoms with Crippen molar-refractivity contribution in [2.75, 3.05) is 11.9 Å². The van der Waals surface area contributed by atoms with Gasteiger partial charge in [-0.2, -0.15) is 4.98 Å². The molecule has 2 heterocycles. The van der Waals surface area contributed by atoms with Gasteiger partial charge in [0.15, 0.2) is 11.3 Å². The Balaban J connectivity index is 1.48. The molecule has 2 rings (SSSR count). The SMILES string of the molecule is CCCCCCCCCCCCCCCCCCNc1nc(Cl)nc2c(=O)[nH]c(Cl)nc12. The highest BCUT2D eigenvalue weighted by Crippen LogP contribution is 2.19. The molecule has 32 heavy (non-hydrogen) atoms. The molecule has 0 unspecified atom stereocenters. The lowest BCUT2D eigenvalue weighted by molar-refractivity contribution is 0.530. The lowest BCUT2D eigenvalue weighted by Gasteiger charge is -2.08. The Bertz CT molecular complexity index is 843. The molecule has 6 nitrogen and oxygen atoms in total. The van der Waals surface area contributed by atoms with Crippen LogP contribution in [0.5, 0.6) is 0 Å². The lowest BCUT2D eigenvalue weighted by atomic mass is 10.0. The molecular weight excluding hydrogens is 445 g/mol. The molecule has 2 aromatic rings. The maximum absolute atomic E-state index is 12.0. The number of anilines is 1. The van der Waals surface area contributed by atoms with Gasteiger partial charge in [0.2, 0.25) is 10.6 Å². The predicted octanol–water partition coefficient (Wildman–Crippen LogP) is 7.69. The topological polar surface area (TPSA) is 83.6 Å². The van der Waals surface area contributed by atoms with Crippen LogP contribution in [0.3, 0.4) is 0 Å². The number of aromatic nitrogens is 4. The normalized spacial score (nSPS) is 11.3. The zero-order valence-corrected chi connectivity index (χ0v) is 21.0. The number of hydrogen-bond donors (Lipinski definition) is 2. The van der Waals surface area contributed by atoms with E-state index < -0.39 is 5.56 Å². The summed E-state index contributed by atoms with van der Waals surface area (Å²) in [5, 5.41) is 3.25. The van der Waals surface area contributed by atoms with Crippen molar-refractivity contribution in [3.8, 4) is 0 Å². The first-order valence-electron chi connectivity index (χ1n) is 12.5. The molecule has 0 aromatic carbocycles. The van der Waals surface area contributed by atoms with Crippen molar-refractivity contribution in [2.45, 2.75) is 110 Å². The van der Waals surface area contributed by atoms with Gasteiger partial charge in [0.25, 0.3) is 5.56 Å². The Labute approximate surface area is 202 Å². The molecule has 0 fully saturated rings. The molecule has 2 aromatic heterocycles. The van der Waals surface area contributed by atoms with Gasteiger partial charge < -0.3 is 5.32 Å². The number of rotatable bonds is 18. The minimum atomic E-state index is -0.422. The molecule has 0 radical (unpaired) electrons. The predicted molar refractivity (Wildman–Crippen MR) is 136 cm³/mol. The second-order valence-electron chi connectivity index (χ2n) is 8.63. The average Bonchev–Trinajstić information content (AvgIpc) is 2.76. The van der Waals surface area contributed by atoms with E-state index in [2.05, 4.69) is 32.2 Å². The van der Waals surface area contributed by atoms with Crippen molar-refractivity contribution in [2.24, 2.45) is 0 Å². The van der Waals surface area contributed by atoms with Crippen molar-refractivity contribution < 1.29 is 0 Å². The minimum Gasteiger partial charge on any atom is -0.368 e. The van der Waals surface area contributed by atoms with Crippen molar-refractivity contribution in [1.82, 2.24) is 19.9 Å². The van der Waals surface area contributed by atoms with E-state index in [1.807, 2.05) is 0 Å². The van der Waals surface area contributed by atoms with Gasteiger partial charge in [-0.25, -0.2) is 9.97 Å². The molecular formula is C24H39Cl2N5O. The summed E-state index contributed by atoms with van der Waals surface area (Å²) in [5.74, 6) is 0.453. The molecule has 2 N–H and O–H groups in total. The van der Waals surface area contributed by atoms with Crippen LogP contribution >= 0.6 is 23.2 Å². The fourth-order valence-corrected chi connectivity index (χ4v) is 4.31. The van der Waals surface area contributed by atoms with Crippen LogP contribution in [0.1, 0.15) is 110 Å². The van der Waals surface area contributed by atoms with E-state index in [9.17, 15) is 4.79 Å². The largest absolute Gasteiger partial charge is 0.368 e. The summed E-state index contributed by atoms with van der Waals surface area (Å²) in [6.45, 7) is 3.02. The maximum atomic E-state index is 12.0. The van der Waals surface area contributed by atoms with E-state index in [-0.39, 0.29) is 16.1 Å². The van der Waals surface area contributed by atoms with E-state index >= 15 is 0 Å². The van der Waals surface area contributed by atoms with Gasteiger partial charge in [0.05, 0.1) is 0 Å². The quantitative estimate of drug-likeness (QED) is 0.167. The van der Waals surface area contributed by atoms with Crippen LogP contribution in [0.2, 0.25) is 10.6 Å². The number of aromatic amines is 1. The van der Waals surface area contributed by atoms with Crippen LogP contribution < -0.4 is 10.9 Å². The fourth-order valence-electron chi connectivity index (χ4n) is 3.97. The molecule has 0 spiro atoms. The number of hydrogen-bond acceptors (Lipinski definition) is 5. The van der Waals surface area contributed by atoms with Crippen LogP contribution in [-0.2, 0) is 0 Å². The number of nitrogens with one attached hydrogen (secondary N) is 2. The van der Waals surface area contributed by atoms with Crippen LogP contribution in [0.4, 0.5) is 5.82 Å². The third kappa shape index (κ3) is 10.5. The highest BCUT2D eigenvalue weighted by atomic mass is 35.5. The minimum absolute atomic E-state index is 0.0129. The zero-order valence-electron chi connectivity index (χ0n) is 19.5. The Hall–Kier alpha value is -1.40. The molecule has 8 heteroatoms. The van der Waals surface area contributed by atoms with E-state index in [1.165, 1.54) is 89.9 Å². The molecule has 0 aliphatic heterocycles. The number of unbranched alkanes of at least 4 members (excludes halogenated alkanes) is 15.